The molecule has 0 saturated heterocycles. The van der Waals surface area contributed by atoms with E-state index in [0.717, 1.165) is 16.8 Å². The van der Waals surface area contributed by atoms with Crippen molar-refractivity contribution in [3.8, 4) is 0 Å². The highest BCUT2D eigenvalue weighted by molar-refractivity contribution is 7.20. The fraction of sp³-hybridized carbons (Fsp3) is 0.267. The molecule has 2 heterocycles. The van der Waals surface area contributed by atoms with E-state index in [0.29, 0.717) is 27.1 Å². The molecule has 1 aliphatic rings. The molecule has 1 N–H and O–H groups in total. The first kappa shape index (κ1) is 14.9. The predicted octanol–water partition coefficient (Wildman–Crippen LogP) is 4.05. The summed E-state index contributed by atoms with van der Waals surface area (Å²) in [5.41, 5.74) is 3.34. The molecule has 0 fully saturated rings. The molecule has 3 rings (SSSR count). The van der Waals surface area contributed by atoms with Crippen molar-refractivity contribution in [1.82, 2.24) is 0 Å². The topological polar surface area (TPSA) is 40.5 Å². The van der Waals surface area contributed by atoms with Crippen LogP contribution in [-0.4, -0.2) is 18.1 Å². The maximum atomic E-state index is 11.7. The van der Waals surface area contributed by atoms with Crippen LogP contribution in [0.3, 0.4) is 0 Å². The number of amides is 1. The summed E-state index contributed by atoms with van der Waals surface area (Å²) in [5.74, 6) is 0.114. The average molecular weight is 342 g/mol. The second kappa shape index (κ2) is 5.61. The molecule has 1 aromatic heterocycles. The van der Waals surface area contributed by atoms with E-state index >= 15 is 0 Å². The lowest BCUT2D eigenvalue weighted by Gasteiger charge is -2.26. The molecular formula is C15H13Cl2NO2S. The number of aliphatic hydroxyl groups is 1. The van der Waals surface area contributed by atoms with Crippen LogP contribution in [0.25, 0.3) is 0 Å². The van der Waals surface area contributed by atoms with Gasteiger partial charge in [0.1, 0.15) is 10.4 Å². The van der Waals surface area contributed by atoms with Crippen molar-refractivity contribution in [2.45, 2.75) is 18.9 Å². The van der Waals surface area contributed by atoms with E-state index in [4.69, 9.17) is 23.2 Å². The molecule has 0 aliphatic carbocycles. The van der Waals surface area contributed by atoms with Crippen LogP contribution in [0, 0.1) is 0 Å². The summed E-state index contributed by atoms with van der Waals surface area (Å²) in [4.78, 5) is 13.3. The van der Waals surface area contributed by atoms with Gasteiger partial charge in [0.25, 0.3) is 0 Å². The van der Waals surface area contributed by atoms with Gasteiger partial charge in [-0.15, -0.1) is 11.3 Å². The summed E-state index contributed by atoms with van der Waals surface area (Å²) >= 11 is 13.3. The van der Waals surface area contributed by atoms with Crippen LogP contribution < -0.4 is 4.90 Å². The van der Waals surface area contributed by atoms with Crippen molar-refractivity contribution < 1.29 is 9.90 Å². The van der Waals surface area contributed by atoms with Gasteiger partial charge in [-0.3, -0.25) is 4.79 Å². The monoisotopic (exact) mass is 341 g/mol. The summed E-state index contributed by atoms with van der Waals surface area (Å²) in [6, 6.07) is 7.31. The zero-order valence-corrected chi connectivity index (χ0v) is 13.6. The quantitative estimate of drug-likeness (QED) is 0.895. The average Bonchev–Trinajstić information content (AvgIpc) is 2.80. The molecule has 1 aliphatic heterocycles. The highest BCUT2D eigenvalue weighted by Crippen LogP contribution is 2.38. The molecule has 0 saturated carbocycles. The van der Waals surface area contributed by atoms with Gasteiger partial charge in [-0.25, -0.2) is 0 Å². The number of aliphatic hydroxyl groups excluding tert-OH is 1. The summed E-state index contributed by atoms with van der Waals surface area (Å²) < 4.78 is 1.05. The molecule has 3 nitrogen and oxygen atoms in total. The van der Waals surface area contributed by atoms with Gasteiger partial charge in [0.15, 0.2) is 0 Å². The van der Waals surface area contributed by atoms with E-state index < -0.39 is 6.10 Å². The molecule has 6 heteroatoms. The number of fused-ring (bicyclic) bond motifs is 1. The Balaban J connectivity index is 1.97. The van der Waals surface area contributed by atoms with Crippen LogP contribution in [0.1, 0.15) is 29.2 Å². The molecule has 1 amide bonds. The first-order chi connectivity index (χ1) is 9.97. The number of carbonyl (C=O) groups excluding carboxylic acids is 1. The van der Waals surface area contributed by atoms with Crippen molar-refractivity contribution in [1.29, 1.82) is 0 Å². The Kier molecular flexibility index (Phi) is 3.97. The Hall–Kier alpha value is -1.07. The van der Waals surface area contributed by atoms with Crippen molar-refractivity contribution >= 4 is 46.1 Å². The Labute approximate surface area is 136 Å². The van der Waals surface area contributed by atoms with Gasteiger partial charge in [-0.05, 0) is 29.7 Å². The van der Waals surface area contributed by atoms with Gasteiger partial charge in [0.05, 0.1) is 4.34 Å². The Bertz CT molecular complexity index is 714. The third kappa shape index (κ3) is 2.69. The van der Waals surface area contributed by atoms with Gasteiger partial charge < -0.3 is 10.0 Å². The lowest BCUT2D eigenvalue weighted by Crippen LogP contribution is -2.31. The number of thiophene rings is 1. The Morgan fingerprint density at radius 1 is 1.29 bits per heavy atom. The highest BCUT2D eigenvalue weighted by Gasteiger charge is 2.23. The van der Waals surface area contributed by atoms with E-state index in [1.165, 1.54) is 11.3 Å². The van der Waals surface area contributed by atoms with Crippen LogP contribution in [0.2, 0.25) is 8.67 Å². The van der Waals surface area contributed by atoms with Crippen LogP contribution in [0.5, 0.6) is 0 Å². The molecule has 2 aromatic rings. The normalized spacial score (nSPS) is 16.0. The van der Waals surface area contributed by atoms with Crippen molar-refractivity contribution in [3.05, 3.63) is 49.6 Å². The number of hydrogen-bond donors (Lipinski definition) is 1. The summed E-state index contributed by atoms with van der Waals surface area (Å²) in [6.45, 7) is 0. The van der Waals surface area contributed by atoms with Crippen LogP contribution in [0.4, 0.5) is 5.69 Å². The van der Waals surface area contributed by atoms with Gasteiger partial charge >= 0.3 is 0 Å². The van der Waals surface area contributed by atoms with E-state index in [1.54, 1.807) is 18.0 Å². The summed E-state index contributed by atoms with van der Waals surface area (Å²) in [6.07, 6.45) is 0.375. The molecule has 110 valence electrons. The van der Waals surface area contributed by atoms with Gasteiger partial charge in [-0.2, -0.15) is 0 Å². The second-order valence-electron chi connectivity index (χ2n) is 5.02. The Morgan fingerprint density at radius 2 is 2.05 bits per heavy atom. The lowest BCUT2D eigenvalue weighted by molar-refractivity contribution is -0.118. The number of rotatable bonds is 2. The van der Waals surface area contributed by atoms with Crippen LogP contribution >= 0.6 is 34.5 Å². The number of aryl methyl sites for hydroxylation is 1. The van der Waals surface area contributed by atoms with Crippen molar-refractivity contribution in [2.75, 3.05) is 11.9 Å². The number of carbonyl (C=O) groups is 1. The minimum absolute atomic E-state index is 0.114. The largest absolute Gasteiger partial charge is 0.384 e. The zero-order chi connectivity index (χ0) is 15.1. The Morgan fingerprint density at radius 3 is 2.71 bits per heavy atom. The summed E-state index contributed by atoms with van der Waals surface area (Å²) in [7, 11) is 1.77. The van der Waals surface area contributed by atoms with Crippen LogP contribution in [0.15, 0.2) is 24.3 Å². The maximum Gasteiger partial charge on any atom is 0.227 e. The summed E-state index contributed by atoms with van der Waals surface area (Å²) in [5, 5.41) is 10.5. The van der Waals surface area contributed by atoms with E-state index in [2.05, 4.69) is 0 Å². The molecule has 0 radical (unpaired) electrons. The number of anilines is 1. The molecule has 0 bridgehead atoms. The fourth-order valence-corrected chi connectivity index (χ4v) is 4.09. The highest BCUT2D eigenvalue weighted by atomic mass is 35.5. The van der Waals surface area contributed by atoms with E-state index in [1.807, 2.05) is 18.2 Å². The zero-order valence-electron chi connectivity index (χ0n) is 11.3. The fourth-order valence-electron chi connectivity index (χ4n) is 2.57. The minimum Gasteiger partial charge on any atom is -0.384 e. The third-order valence-corrected chi connectivity index (χ3v) is 5.26. The SMILES string of the molecule is CN1C(=O)CCc2cc(C(O)c3cc(Cl)sc3Cl)ccc21. The standard InChI is InChI=1S/C15H13Cl2NO2S/c1-18-11-4-2-9(6-8(11)3-5-13(18)19)14(20)10-7-12(16)21-15(10)17/h2,4,6-7,14,20H,3,5H2,1H3. The number of halogens is 2. The molecular weight excluding hydrogens is 329 g/mol. The van der Waals surface area contributed by atoms with E-state index in [-0.39, 0.29) is 5.91 Å². The van der Waals surface area contributed by atoms with Crippen LogP contribution in [-0.2, 0) is 11.2 Å². The van der Waals surface area contributed by atoms with Gasteiger partial charge in [0.2, 0.25) is 5.91 Å². The molecule has 1 unspecified atom stereocenters. The lowest BCUT2D eigenvalue weighted by atomic mass is 9.95. The molecule has 21 heavy (non-hydrogen) atoms. The first-order valence-corrected chi connectivity index (χ1v) is 8.07. The smallest absolute Gasteiger partial charge is 0.227 e. The second-order valence-corrected chi connectivity index (χ2v) is 7.31. The first-order valence-electron chi connectivity index (χ1n) is 6.49. The number of hydrogen-bond acceptors (Lipinski definition) is 3. The number of benzene rings is 1. The van der Waals surface area contributed by atoms with Gasteiger partial charge in [-0.1, -0.05) is 35.3 Å². The maximum absolute atomic E-state index is 11.7. The molecule has 0 spiro atoms. The van der Waals surface area contributed by atoms with E-state index in [9.17, 15) is 9.90 Å². The van der Waals surface area contributed by atoms with Gasteiger partial charge in [0, 0.05) is 24.7 Å². The number of nitrogens with zero attached hydrogens (tertiary/aromatic N) is 1. The molecule has 1 atom stereocenters. The van der Waals surface area contributed by atoms with Crippen molar-refractivity contribution in [2.24, 2.45) is 0 Å². The predicted molar refractivity (Wildman–Crippen MR) is 86.6 cm³/mol. The molecule has 1 aromatic carbocycles. The van der Waals surface area contributed by atoms with Crippen molar-refractivity contribution in [3.63, 3.8) is 0 Å². The third-order valence-electron chi connectivity index (χ3n) is 3.74. The minimum atomic E-state index is -0.811.